The number of hydrogen-bond acceptors (Lipinski definition) is 2. The molecule has 0 aliphatic heterocycles. The molecule has 0 radical (unpaired) electrons. The number of carbonyl (C=O) groups is 1. The lowest BCUT2D eigenvalue weighted by atomic mass is 9.99. The molecule has 0 aliphatic carbocycles. The van der Waals surface area contributed by atoms with Crippen molar-refractivity contribution in [2.45, 2.75) is 20.3 Å². The van der Waals surface area contributed by atoms with Crippen LogP contribution in [0.25, 0.3) is 6.08 Å². The van der Waals surface area contributed by atoms with Gasteiger partial charge in [-0.25, -0.2) is 0 Å². The Labute approximate surface area is 131 Å². The third-order valence-corrected chi connectivity index (χ3v) is 3.75. The van der Waals surface area contributed by atoms with Gasteiger partial charge < -0.3 is 0 Å². The standard InChI is InChI=1S/C19H18OS/c1-3-16-11-9-15(13-18(16)14(2)20)10-12-19(21)17-7-5-4-6-8-17/h4-13H,3H2,1-2H3. The Morgan fingerprint density at radius 2 is 1.86 bits per heavy atom. The minimum Gasteiger partial charge on any atom is -0.295 e. The highest BCUT2D eigenvalue weighted by Crippen LogP contribution is 2.15. The van der Waals surface area contributed by atoms with E-state index >= 15 is 0 Å². The molecule has 2 aromatic rings. The normalized spacial score (nSPS) is 10.8. The maximum Gasteiger partial charge on any atom is 0.160 e. The van der Waals surface area contributed by atoms with Crippen molar-refractivity contribution >= 4 is 28.9 Å². The zero-order valence-corrected chi connectivity index (χ0v) is 13.1. The third kappa shape index (κ3) is 3.96. The van der Waals surface area contributed by atoms with Gasteiger partial charge in [0.05, 0.1) is 0 Å². The molecule has 21 heavy (non-hydrogen) atoms. The Bertz CT molecular complexity index is 684. The summed E-state index contributed by atoms with van der Waals surface area (Å²) in [5.74, 6) is 0.104. The average Bonchev–Trinajstić information content (AvgIpc) is 2.53. The predicted molar refractivity (Wildman–Crippen MR) is 93.0 cm³/mol. The monoisotopic (exact) mass is 294 g/mol. The van der Waals surface area contributed by atoms with E-state index in [2.05, 4.69) is 6.92 Å². The number of aryl methyl sites for hydroxylation is 1. The second-order valence-electron chi connectivity index (χ2n) is 4.89. The SMILES string of the molecule is CCc1ccc(C=CC(=S)c2ccccc2)cc1C(C)=O. The minimum absolute atomic E-state index is 0.104. The fourth-order valence-electron chi connectivity index (χ4n) is 2.20. The number of ketones is 1. The molecule has 0 atom stereocenters. The van der Waals surface area contributed by atoms with Crippen molar-refractivity contribution in [3.05, 3.63) is 76.9 Å². The van der Waals surface area contributed by atoms with E-state index in [9.17, 15) is 4.79 Å². The van der Waals surface area contributed by atoms with E-state index in [-0.39, 0.29) is 5.78 Å². The van der Waals surface area contributed by atoms with E-state index in [1.54, 1.807) is 6.92 Å². The Hall–Kier alpha value is -2.06. The molecule has 0 unspecified atom stereocenters. The molecule has 0 amide bonds. The van der Waals surface area contributed by atoms with Crippen molar-refractivity contribution in [2.24, 2.45) is 0 Å². The molecule has 1 nitrogen and oxygen atoms in total. The van der Waals surface area contributed by atoms with Crippen LogP contribution in [0.1, 0.15) is 40.9 Å². The summed E-state index contributed by atoms with van der Waals surface area (Å²) < 4.78 is 0. The molecule has 2 heteroatoms. The topological polar surface area (TPSA) is 17.1 Å². The van der Waals surface area contributed by atoms with Crippen LogP contribution in [0.5, 0.6) is 0 Å². The Morgan fingerprint density at radius 1 is 1.14 bits per heavy atom. The van der Waals surface area contributed by atoms with Crippen LogP contribution in [0.15, 0.2) is 54.6 Å². The maximum absolute atomic E-state index is 11.7. The number of Topliss-reactive ketones (excluding diaryl/α,β-unsaturated/α-hetero) is 1. The zero-order valence-electron chi connectivity index (χ0n) is 12.3. The molecule has 2 rings (SSSR count). The fraction of sp³-hybridized carbons (Fsp3) is 0.158. The van der Waals surface area contributed by atoms with Gasteiger partial charge in [0, 0.05) is 10.4 Å². The summed E-state index contributed by atoms with van der Waals surface area (Å²) in [6.07, 6.45) is 4.73. The second kappa shape index (κ2) is 7.09. The van der Waals surface area contributed by atoms with Gasteiger partial charge in [-0.2, -0.15) is 0 Å². The van der Waals surface area contributed by atoms with Crippen LogP contribution in [0, 0.1) is 0 Å². The van der Waals surface area contributed by atoms with Gasteiger partial charge in [0.15, 0.2) is 5.78 Å². The lowest BCUT2D eigenvalue weighted by Crippen LogP contribution is -1.99. The molecule has 0 N–H and O–H groups in total. The van der Waals surface area contributed by atoms with Crippen molar-refractivity contribution < 1.29 is 4.79 Å². The van der Waals surface area contributed by atoms with Crippen LogP contribution < -0.4 is 0 Å². The molecule has 2 aromatic carbocycles. The van der Waals surface area contributed by atoms with E-state index in [4.69, 9.17) is 12.2 Å². The lowest BCUT2D eigenvalue weighted by molar-refractivity contribution is 0.101. The first-order chi connectivity index (χ1) is 10.1. The number of thiocarbonyl (C=S) groups is 1. The second-order valence-corrected chi connectivity index (χ2v) is 5.33. The van der Waals surface area contributed by atoms with Crippen LogP contribution in [-0.2, 0) is 6.42 Å². The van der Waals surface area contributed by atoms with E-state index in [1.807, 2.05) is 60.7 Å². The molecule has 106 valence electrons. The largest absolute Gasteiger partial charge is 0.295 e. The molecule has 0 fully saturated rings. The molecular weight excluding hydrogens is 276 g/mol. The van der Waals surface area contributed by atoms with Gasteiger partial charge in [-0.15, -0.1) is 0 Å². The first kappa shape index (κ1) is 15.3. The zero-order chi connectivity index (χ0) is 15.2. The highest BCUT2D eigenvalue weighted by atomic mass is 32.1. The minimum atomic E-state index is 0.104. The first-order valence-corrected chi connectivity index (χ1v) is 7.44. The molecule has 0 aliphatic rings. The van der Waals surface area contributed by atoms with E-state index in [1.165, 1.54) is 0 Å². The summed E-state index contributed by atoms with van der Waals surface area (Å²) in [5.41, 5.74) is 3.91. The summed E-state index contributed by atoms with van der Waals surface area (Å²) in [6.45, 7) is 3.67. The van der Waals surface area contributed by atoms with Crippen LogP contribution in [0.4, 0.5) is 0 Å². The van der Waals surface area contributed by atoms with Crippen LogP contribution in [-0.4, -0.2) is 10.6 Å². The molecule has 0 heterocycles. The Morgan fingerprint density at radius 3 is 2.48 bits per heavy atom. The highest BCUT2D eigenvalue weighted by Gasteiger charge is 2.06. The van der Waals surface area contributed by atoms with Gasteiger partial charge in [0.25, 0.3) is 0 Å². The fourth-order valence-corrected chi connectivity index (χ4v) is 2.41. The smallest absolute Gasteiger partial charge is 0.160 e. The van der Waals surface area contributed by atoms with Crippen molar-refractivity contribution in [2.75, 3.05) is 0 Å². The van der Waals surface area contributed by atoms with Crippen LogP contribution in [0.3, 0.4) is 0 Å². The summed E-state index contributed by atoms with van der Waals surface area (Å²) in [5, 5.41) is 0. The molecular formula is C19H18OS. The molecule has 0 saturated carbocycles. The first-order valence-electron chi connectivity index (χ1n) is 7.03. The summed E-state index contributed by atoms with van der Waals surface area (Å²) in [6, 6.07) is 15.9. The van der Waals surface area contributed by atoms with E-state index < -0.39 is 0 Å². The van der Waals surface area contributed by atoms with Crippen molar-refractivity contribution in [1.29, 1.82) is 0 Å². The molecule has 0 spiro atoms. The van der Waals surface area contributed by atoms with Crippen molar-refractivity contribution in [3.8, 4) is 0 Å². The van der Waals surface area contributed by atoms with Crippen molar-refractivity contribution in [1.82, 2.24) is 0 Å². The molecule has 0 saturated heterocycles. The third-order valence-electron chi connectivity index (χ3n) is 3.38. The number of rotatable bonds is 5. The number of carbonyl (C=O) groups excluding carboxylic acids is 1. The van der Waals surface area contributed by atoms with Crippen molar-refractivity contribution in [3.63, 3.8) is 0 Å². The quantitative estimate of drug-likeness (QED) is 0.444. The van der Waals surface area contributed by atoms with Crippen LogP contribution >= 0.6 is 12.2 Å². The summed E-state index contributed by atoms with van der Waals surface area (Å²) in [4.78, 5) is 12.5. The van der Waals surface area contributed by atoms with Gasteiger partial charge in [0.2, 0.25) is 0 Å². The van der Waals surface area contributed by atoms with Crippen LogP contribution in [0.2, 0.25) is 0 Å². The maximum atomic E-state index is 11.7. The summed E-state index contributed by atoms with van der Waals surface area (Å²) in [7, 11) is 0. The van der Waals surface area contributed by atoms with E-state index in [0.717, 1.165) is 33.5 Å². The number of hydrogen-bond donors (Lipinski definition) is 0. The predicted octanol–water partition coefficient (Wildman–Crippen LogP) is 4.88. The van der Waals surface area contributed by atoms with Gasteiger partial charge >= 0.3 is 0 Å². The van der Waals surface area contributed by atoms with E-state index in [0.29, 0.717) is 0 Å². The lowest BCUT2D eigenvalue weighted by Gasteiger charge is -2.06. The number of allylic oxidation sites excluding steroid dienone is 1. The van der Waals surface area contributed by atoms with Gasteiger partial charge in [-0.1, -0.05) is 67.7 Å². The Balaban J connectivity index is 2.24. The Kier molecular flexibility index (Phi) is 5.18. The summed E-state index contributed by atoms with van der Waals surface area (Å²) >= 11 is 5.40. The van der Waals surface area contributed by atoms with Gasteiger partial charge in [-0.3, -0.25) is 4.79 Å². The molecule has 0 aromatic heterocycles. The van der Waals surface area contributed by atoms with Gasteiger partial charge in [-0.05, 0) is 42.2 Å². The number of benzene rings is 2. The average molecular weight is 294 g/mol. The highest BCUT2D eigenvalue weighted by molar-refractivity contribution is 7.81. The molecule has 0 bridgehead atoms. The van der Waals surface area contributed by atoms with Gasteiger partial charge in [0.1, 0.15) is 0 Å².